The van der Waals surface area contributed by atoms with Crippen LogP contribution in [-0.2, 0) is 0 Å². The van der Waals surface area contributed by atoms with Gasteiger partial charge in [0.05, 0.1) is 11.1 Å². The maximum absolute atomic E-state index is 6.29. The van der Waals surface area contributed by atoms with Gasteiger partial charge in [-0.25, -0.2) is 0 Å². The zero-order valence-electron chi connectivity index (χ0n) is 11.6. The minimum atomic E-state index is 0.111. The van der Waals surface area contributed by atoms with Crippen LogP contribution >= 0.6 is 11.6 Å². The fourth-order valence-corrected chi connectivity index (χ4v) is 2.53. The largest absolute Gasteiger partial charge is 0.306 e. The monoisotopic (exact) mass is 274 g/mol. The lowest BCUT2D eigenvalue weighted by Crippen LogP contribution is -2.23. The average molecular weight is 275 g/mol. The van der Waals surface area contributed by atoms with Crippen molar-refractivity contribution in [3.05, 3.63) is 63.9 Å². The maximum Gasteiger partial charge on any atom is 0.0640 e. The van der Waals surface area contributed by atoms with Gasteiger partial charge in [0.2, 0.25) is 0 Å². The van der Waals surface area contributed by atoms with E-state index in [4.69, 9.17) is 11.6 Å². The minimum Gasteiger partial charge on any atom is -0.306 e. The Morgan fingerprint density at radius 2 is 2.00 bits per heavy atom. The van der Waals surface area contributed by atoms with Gasteiger partial charge in [-0.1, -0.05) is 36.7 Å². The van der Waals surface area contributed by atoms with Crippen LogP contribution in [0.4, 0.5) is 0 Å². The summed E-state index contributed by atoms with van der Waals surface area (Å²) in [4.78, 5) is 4.06. The number of benzene rings is 1. The van der Waals surface area contributed by atoms with Crippen LogP contribution in [0.15, 0.2) is 36.7 Å². The Labute approximate surface area is 119 Å². The zero-order chi connectivity index (χ0) is 13.8. The molecule has 100 valence electrons. The molecular weight excluding hydrogens is 256 g/mol. The van der Waals surface area contributed by atoms with E-state index in [0.29, 0.717) is 5.02 Å². The number of aromatic nitrogens is 1. The van der Waals surface area contributed by atoms with E-state index in [2.05, 4.69) is 49.3 Å². The minimum absolute atomic E-state index is 0.111. The van der Waals surface area contributed by atoms with E-state index in [1.165, 1.54) is 16.7 Å². The van der Waals surface area contributed by atoms with Gasteiger partial charge in [-0.3, -0.25) is 4.98 Å². The summed E-state index contributed by atoms with van der Waals surface area (Å²) in [5.41, 5.74) is 4.95. The first kappa shape index (κ1) is 14.0. The fourth-order valence-electron chi connectivity index (χ4n) is 2.30. The molecule has 1 heterocycles. The van der Waals surface area contributed by atoms with Crippen molar-refractivity contribution in [2.24, 2.45) is 0 Å². The summed E-state index contributed by atoms with van der Waals surface area (Å²) in [6.07, 6.45) is 3.49. The first-order valence-corrected chi connectivity index (χ1v) is 6.91. The summed E-state index contributed by atoms with van der Waals surface area (Å²) < 4.78 is 0. The summed E-state index contributed by atoms with van der Waals surface area (Å²) in [6.45, 7) is 7.28. The normalized spacial score (nSPS) is 12.4. The molecule has 19 heavy (non-hydrogen) atoms. The molecule has 1 atom stereocenters. The van der Waals surface area contributed by atoms with Gasteiger partial charge in [0.1, 0.15) is 0 Å². The molecule has 0 aliphatic carbocycles. The molecule has 0 saturated carbocycles. The number of rotatable bonds is 4. The molecule has 2 rings (SSSR count). The molecule has 0 amide bonds. The highest BCUT2D eigenvalue weighted by Gasteiger charge is 2.18. The molecule has 0 fully saturated rings. The third-order valence-corrected chi connectivity index (χ3v) is 3.80. The van der Waals surface area contributed by atoms with Crippen molar-refractivity contribution in [2.75, 3.05) is 6.54 Å². The van der Waals surface area contributed by atoms with Crippen LogP contribution in [0, 0.1) is 13.8 Å². The standard InChI is InChI=1S/C16H19ClN2/c1-4-19-16(14-8-9-18-10-15(14)17)13-7-5-6-11(2)12(13)3/h5-10,16,19H,4H2,1-3H3. The Balaban J connectivity index is 2.52. The van der Waals surface area contributed by atoms with Gasteiger partial charge in [-0.2, -0.15) is 0 Å². The number of hydrogen-bond acceptors (Lipinski definition) is 2. The first-order valence-electron chi connectivity index (χ1n) is 6.54. The number of halogens is 1. The highest BCUT2D eigenvalue weighted by molar-refractivity contribution is 6.31. The van der Waals surface area contributed by atoms with Crippen LogP contribution < -0.4 is 5.32 Å². The molecule has 0 spiro atoms. The van der Waals surface area contributed by atoms with E-state index < -0.39 is 0 Å². The number of aryl methyl sites for hydroxylation is 1. The molecule has 1 N–H and O–H groups in total. The predicted octanol–water partition coefficient (Wildman–Crippen LogP) is 4.05. The van der Waals surface area contributed by atoms with Gasteiger partial charge in [0.25, 0.3) is 0 Å². The molecule has 1 unspecified atom stereocenters. The molecule has 3 heteroatoms. The highest BCUT2D eigenvalue weighted by atomic mass is 35.5. The first-order chi connectivity index (χ1) is 9.15. The summed E-state index contributed by atoms with van der Waals surface area (Å²) in [6, 6.07) is 8.48. The van der Waals surface area contributed by atoms with Gasteiger partial charge in [-0.15, -0.1) is 0 Å². The van der Waals surface area contributed by atoms with Crippen molar-refractivity contribution in [3.8, 4) is 0 Å². The second-order valence-electron chi connectivity index (χ2n) is 4.68. The predicted molar refractivity (Wildman–Crippen MR) is 80.7 cm³/mol. The second kappa shape index (κ2) is 6.18. The summed E-state index contributed by atoms with van der Waals surface area (Å²) >= 11 is 6.29. The van der Waals surface area contributed by atoms with Crippen molar-refractivity contribution in [1.82, 2.24) is 10.3 Å². The average Bonchev–Trinajstić information content (AvgIpc) is 2.41. The fraction of sp³-hybridized carbons (Fsp3) is 0.312. The molecule has 1 aromatic heterocycles. The SMILES string of the molecule is CCNC(c1ccncc1Cl)c1cccc(C)c1C. The molecule has 1 aromatic carbocycles. The van der Waals surface area contributed by atoms with Gasteiger partial charge in [0, 0.05) is 12.4 Å². The lowest BCUT2D eigenvalue weighted by molar-refractivity contribution is 0.626. The summed E-state index contributed by atoms with van der Waals surface area (Å²) in [5, 5.41) is 4.21. The molecule has 2 aromatic rings. The van der Waals surface area contributed by atoms with Crippen molar-refractivity contribution in [1.29, 1.82) is 0 Å². The summed E-state index contributed by atoms with van der Waals surface area (Å²) in [5.74, 6) is 0. The lowest BCUT2D eigenvalue weighted by atomic mass is 9.93. The Morgan fingerprint density at radius 3 is 2.68 bits per heavy atom. The summed E-state index contributed by atoms with van der Waals surface area (Å²) in [7, 11) is 0. The van der Waals surface area contributed by atoms with Crippen LogP contribution in [0.25, 0.3) is 0 Å². The Bertz CT molecular complexity index is 566. The molecule has 0 aliphatic heterocycles. The van der Waals surface area contributed by atoms with Crippen molar-refractivity contribution >= 4 is 11.6 Å². The van der Waals surface area contributed by atoms with E-state index in [9.17, 15) is 0 Å². The quantitative estimate of drug-likeness (QED) is 0.910. The molecule has 0 radical (unpaired) electrons. The lowest BCUT2D eigenvalue weighted by Gasteiger charge is -2.22. The number of pyridine rings is 1. The van der Waals surface area contributed by atoms with E-state index in [0.717, 1.165) is 12.1 Å². The van der Waals surface area contributed by atoms with Gasteiger partial charge >= 0.3 is 0 Å². The molecule has 0 aliphatic rings. The van der Waals surface area contributed by atoms with Gasteiger partial charge in [0.15, 0.2) is 0 Å². The van der Waals surface area contributed by atoms with Crippen molar-refractivity contribution < 1.29 is 0 Å². The number of hydrogen-bond donors (Lipinski definition) is 1. The topological polar surface area (TPSA) is 24.9 Å². The number of nitrogens with zero attached hydrogens (tertiary/aromatic N) is 1. The molecule has 2 nitrogen and oxygen atoms in total. The third kappa shape index (κ3) is 2.96. The third-order valence-electron chi connectivity index (χ3n) is 3.48. The van der Waals surface area contributed by atoms with E-state index >= 15 is 0 Å². The van der Waals surface area contributed by atoms with Crippen LogP contribution in [0.3, 0.4) is 0 Å². The Morgan fingerprint density at radius 1 is 1.21 bits per heavy atom. The van der Waals surface area contributed by atoms with Crippen LogP contribution in [0.5, 0.6) is 0 Å². The zero-order valence-corrected chi connectivity index (χ0v) is 12.3. The van der Waals surface area contributed by atoms with Crippen molar-refractivity contribution in [2.45, 2.75) is 26.8 Å². The van der Waals surface area contributed by atoms with Crippen LogP contribution in [0.1, 0.15) is 35.2 Å². The smallest absolute Gasteiger partial charge is 0.0640 e. The Kier molecular flexibility index (Phi) is 4.56. The van der Waals surface area contributed by atoms with Gasteiger partial charge < -0.3 is 5.32 Å². The molecular formula is C16H19ClN2. The molecule has 0 bridgehead atoms. The van der Waals surface area contributed by atoms with Crippen LogP contribution in [-0.4, -0.2) is 11.5 Å². The maximum atomic E-state index is 6.29. The van der Waals surface area contributed by atoms with E-state index in [1.807, 2.05) is 6.07 Å². The van der Waals surface area contributed by atoms with E-state index in [1.54, 1.807) is 12.4 Å². The van der Waals surface area contributed by atoms with Crippen molar-refractivity contribution in [3.63, 3.8) is 0 Å². The molecule has 0 saturated heterocycles. The van der Waals surface area contributed by atoms with E-state index in [-0.39, 0.29) is 6.04 Å². The Hall–Kier alpha value is -1.38. The highest BCUT2D eigenvalue weighted by Crippen LogP contribution is 2.30. The van der Waals surface area contributed by atoms with Crippen LogP contribution in [0.2, 0.25) is 5.02 Å². The number of nitrogens with one attached hydrogen (secondary N) is 1. The van der Waals surface area contributed by atoms with Gasteiger partial charge in [-0.05, 0) is 48.7 Å². The second-order valence-corrected chi connectivity index (χ2v) is 5.08.